The van der Waals surface area contributed by atoms with Crippen LogP contribution in [0.3, 0.4) is 0 Å². The molecule has 0 unspecified atom stereocenters. The molecule has 0 aliphatic carbocycles. The summed E-state index contributed by atoms with van der Waals surface area (Å²) in [7, 11) is 1.62. The molecule has 1 heterocycles. The molecule has 0 spiro atoms. The molecule has 37 heavy (non-hydrogen) atoms. The van der Waals surface area contributed by atoms with Crippen molar-refractivity contribution >= 4 is 29.2 Å². The smallest absolute Gasteiger partial charge is 0.319 e. The van der Waals surface area contributed by atoms with Gasteiger partial charge in [-0.05, 0) is 55.3 Å². The van der Waals surface area contributed by atoms with E-state index in [-0.39, 0.29) is 18.3 Å². The van der Waals surface area contributed by atoms with E-state index in [1.54, 1.807) is 23.8 Å². The van der Waals surface area contributed by atoms with E-state index in [1.165, 1.54) is 23.9 Å². The molecule has 11 heteroatoms. The molecule has 4 aromatic rings. The number of thioether (sulfide) groups is 1. The summed E-state index contributed by atoms with van der Waals surface area (Å²) in [6.45, 7) is 4.02. The van der Waals surface area contributed by atoms with E-state index in [2.05, 4.69) is 20.8 Å². The van der Waals surface area contributed by atoms with Crippen LogP contribution in [0.25, 0.3) is 5.69 Å². The molecule has 1 aromatic heterocycles. The van der Waals surface area contributed by atoms with Crippen molar-refractivity contribution in [2.24, 2.45) is 0 Å². The van der Waals surface area contributed by atoms with Gasteiger partial charge in [0.25, 0.3) is 5.69 Å². The van der Waals surface area contributed by atoms with Crippen LogP contribution in [0.15, 0.2) is 71.9 Å². The molecule has 190 valence electrons. The highest BCUT2D eigenvalue weighted by atomic mass is 32.2. The lowest BCUT2D eigenvalue weighted by molar-refractivity contribution is -0.384. The number of ether oxygens (including phenoxy) is 1. The quantitative estimate of drug-likeness (QED) is 0.172. The first kappa shape index (κ1) is 25.7. The average Bonchev–Trinajstić information content (AvgIpc) is 3.30. The SMILES string of the molecule is COc1cccc(CSc2nnc(CNC(=O)Nc3ccc(C)cc3C)n2-c2ccc([N+](=O)[O-])cc2)c1. The van der Waals surface area contributed by atoms with Gasteiger partial charge >= 0.3 is 6.03 Å². The minimum atomic E-state index is -0.450. The Bertz CT molecular complexity index is 1420. The third-order valence-corrected chi connectivity index (χ3v) is 6.56. The number of urea groups is 1. The molecule has 0 saturated carbocycles. The van der Waals surface area contributed by atoms with Gasteiger partial charge in [-0.3, -0.25) is 14.7 Å². The zero-order valence-corrected chi connectivity index (χ0v) is 21.4. The summed E-state index contributed by atoms with van der Waals surface area (Å²) in [6.07, 6.45) is 0. The highest BCUT2D eigenvalue weighted by Gasteiger charge is 2.17. The Morgan fingerprint density at radius 2 is 1.86 bits per heavy atom. The lowest BCUT2D eigenvalue weighted by Gasteiger charge is -2.12. The number of non-ortho nitro benzene ring substituents is 1. The van der Waals surface area contributed by atoms with Gasteiger partial charge in [0.15, 0.2) is 11.0 Å². The summed E-state index contributed by atoms with van der Waals surface area (Å²) < 4.78 is 7.08. The molecule has 0 aliphatic heterocycles. The van der Waals surface area contributed by atoms with Crippen LogP contribution in [0.2, 0.25) is 0 Å². The van der Waals surface area contributed by atoms with E-state index in [0.717, 1.165) is 28.1 Å². The summed E-state index contributed by atoms with van der Waals surface area (Å²) >= 11 is 1.46. The highest BCUT2D eigenvalue weighted by Crippen LogP contribution is 2.27. The van der Waals surface area contributed by atoms with E-state index in [4.69, 9.17) is 4.74 Å². The fraction of sp³-hybridized carbons (Fsp3) is 0.192. The van der Waals surface area contributed by atoms with Gasteiger partial charge in [-0.2, -0.15) is 0 Å². The standard InChI is InChI=1S/C26H26N6O4S/c1-17-7-12-23(18(2)13-17)28-25(33)27-15-24-29-30-26(37-16-19-5-4-6-22(14-19)36-3)31(24)20-8-10-21(11-9-20)32(34)35/h4-14H,15-16H2,1-3H3,(H2,27,28,33). The summed E-state index contributed by atoms with van der Waals surface area (Å²) in [5.41, 5.74) is 4.45. The second kappa shape index (κ2) is 11.6. The lowest BCUT2D eigenvalue weighted by atomic mass is 10.1. The fourth-order valence-electron chi connectivity index (χ4n) is 3.68. The molecular formula is C26H26N6O4S. The summed E-state index contributed by atoms with van der Waals surface area (Å²) in [6, 6.07) is 19.2. The van der Waals surface area contributed by atoms with Crippen LogP contribution in [-0.4, -0.2) is 32.8 Å². The minimum Gasteiger partial charge on any atom is -0.497 e. The van der Waals surface area contributed by atoms with E-state index in [1.807, 2.05) is 56.3 Å². The maximum atomic E-state index is 12.6. The number of nitrogens with zero attached hydrogens (tertiary/aromatic N) is 4. The second-order valence-electron chi connectivity index (χ2n) is 8.27. The van der Waals surface area contributed by atoms with Crippen LogP contribution in [-0.2, 0) is 12.3 Å². The Balaban J connectivity index is 1.54. The van der Waals surface area contributed by atoms with Crippen molar-refractivity contribution in [2.45, 2.75) is 31.3 Å². The van der Waals surface area contributed by atoms with Crippen molar-refractivity contribution in [3.8, 4) is 11.4 Å². The lowest BCUT2D eigenvalue weighted by Crippen LogP contribution is -2.29. The topological polar surface area (TPSA) is 124 Å². The largest absolute Gasteiger partial charge is 0.497 e. The number of anilines is 1. The summed E-state index contributed by atoms with van der Waals surface area (Å²) in [5.74, 6) is 1.84. The number of hydrogen-bond donors (Lipinski definition) is 2. The first-order valence-corrected chi connectivity index (χ1v) is 12.4. The van der Waals surface area contributed by atoms with Gasteiger partial charge in [0.05, 0.1) is 18.6 Å². The number of benzene rings is 3. The first-order valence-electron chi connectivity index (χ1n) is 11.4. The Morgan fingerprint density at radius 1 is 1.08 bits per heavy atom. The number of hydrogen-bond acceptors (Lipinski definition) is 7. The van der Waals surface area contributed by atoms with Crippen molar-refractivity contribution < 1.29 is 14.5 Å². The summed E-state index contributed by atoms with van der Waals surface area (Å²) in [4.78, 5) is 23.3. The third-order valence-electron chi connectivity index (χ3n) is 5.56. The molecule has 4 rings (SSSR count). The number of aromatic nitrogens is 3. The number of rotatable bonds is 9. The Hall–Kier alpha value is -4.38. The number of amides is 2. The van der Waals surface area contributed by atoms with Crippen LogP contribution in [0.4, 0.5) is 16.2 Å². The van der Waals surface area contributed by atoms with Gasteiger partial charge in [0, 0.05) is 29.3 Å². The van der Waals surface area contributed by atoms with Crippen molar-refractivity contribution in [3.63, 3.8) is 0 Å². The van der Waals surface area contributed by atoms with E-state index in [9.17, 15) is 14.9 Å². The van der Waals surface area contributed by atoms with Gasteiger partial charge in [-0.25, -0.2) is 4.79 Å². The van der Waals surface area contributed by atoms with Gasteiger partial charge in [-0.15, -0.1) is 10.2 Å². The number of carbonyl (C=O) groups excluding carboxylic acids is 1. The molecule has 0 bridgehead atoms. The predicted octanol–water partition coefficient (Wildman–Crippen LogP) is 5.41. The molecular weight excluding hydrogens is 492 g/mol. The number of nitro benzene ring substituents is 1. The molecule has 0 radical (unpaired) electrons. The number of nitrogens with one attached hydrogen (secondary N) is 2. The molecule has 0 aliphatic rings. The molecule has 2 N–H and O–H groups in total. The molecule has 3 aromatic carbocycles. The van der Waals surface area contributed by atoms with Crippen LogP contribution in [0.1, 0.15) is 22.5 Å². The molecule has 0 fully saturated rings. The predicted molar refractivity (Wildman–Crippen MR) is 142 cm³/mol. The van der Waals surface area contributed by atoms with Gasteiger partial charge < -0.3 is 15.4 Å². The first-order chi connectivity index (χ1) is 17.8. The summed E-state index contributed by atoms with van der Waals surface area (Å²) in [5, 5.41) is 26.0. The Kier molecular flexibility index (Phi) is 8.04. The third kappa shape index (κ3) is 6.44. The van der Waals surface area contributed by atoms with Crippen LogP contribution in [0, 0.1) is 24.0 Å². The monoisotopic (exact) mass is 518 g/mol. The van der Waals surface area contributed by atoms with Crippen molar-refractivity contribution in [1.82, 2.24) is 20.1 Å². The average molecular weight is 519 g/mol. The van der Waals surface area contributed by atoms with Crippen LogP contribution >= 0.6 is 11.8 Å². The van der Waals surface area contributed by atoms with E-state index in [0.29, 0.717) is 22.4 Å². The molecule has 10 nitrogen and oxygen atoms in total. The van der Waals surface area contributed by atoms with Crippen LogP contribution in [0.5, 0.6) is 5.75 Å². The molecule has 2 amide bonds. The maximum Gasteiger partial charge on any atom is 0.319 e. The van der Waals surface area contributed by atoms with Crippen molar-refractivity contribution in [1.29, 1.82) is 0 Å². The highest BCUT2D eigenvalue weighted by molar-refractivity contribution is 7.98. The van der Waals surface area contributed by atoms with Crippen molar-refractivity contribution in [2.75, 3.05) is 12.4 Å². The second-order valence-corrected chi connectivity index (χ2v) is 9.22. The number of nitro groups is 1. The van der Waals surface area contributed by atoms with Gasteiger partial charge in [0.1, 0.15) is 5.75 Å². The van der Waals surface area contributed by atoms with E-state index < -0.39 is 4.92 Å². The number of methoxy groups -OCH3 is 1. The van der Waals surface area contributed by atoms with Gasteiger partial charge in [0.2, 0.25) is 0 Å². The van der Waals surface area contributed by atoms with E-state index >= 15 is 0 Å². The zero-order valence-electron chi connectivity index (χ0n) is 20.6. The van der Waals surface area contributed by atoms with Gasteiger partial charge in [-0.1, -0.05) is 41.6 Å². The zero-order chi connectivity index (χ0) is 26.4. The number of aryl methyl sites for hydroxylation is 2. The number of carbonyl (C=O) groups is 1. The minimum absolute atomic E-state index is 0.0186. The molecule has 0 saturated heterocycles. The fourth-order valence-corrected chi connectivity index (χ4v) is 4.59. The molecule has 0 atom stereocenters. The Morgan fingerprint density at radius 3 is 2.57 bits per heavy atom. The Labute approximate surface area is 218 Å². The van der Waals surface area contributed by atoms with Crippen molar-refractivity contribution in [3.05, 3.63) is 99.4 Å². The maximum absolute atomic E-state index is 12.6. The normalized spacial score (nSPS) is 10.7. The van der Waals surface area contributed by atoms with Crippen LogP contribution < -0.4 is 15.4 Å².